The molecule has 2 aromatic heterocycles. The zero-order valence-electron chi connectivity index (χ0n) is 21.1. The SMILES string of the molecule is C=C1[C@@H](n2cnc3c(N)ncnc32)[C@@H](F)[C@H](O)[C@H]1CO[P@](=O)(N[C@@H](C)C(=O)OC(C)C)Oc1ccccc1. The van der Waals surface area contributed by atoms with E-state index in [1.807, 2.05) is 0 Å². The number of rotatable bonds is 10. The van der Waals surface area contributed by atoms with E-state index in [2.05, 4.69) is 26.6 Å². The molecule has 14 heteroatoms. The molecule has 0 bridgehead atoms. The van der Waals surface area contributed by atoms with Crippen LogP contribution in [-0.2, 0) is 18.6 Å². The van der Waals surface area contributed by atoms with Crippen LogP contribution >= 0.6 is 7.75 Å². The predicted molar refractivity (Wildman–Crippen MR) is 137 cm³/mol. The van der Waals surface area contributed by atoms with E-state index in [1.54, 1.807) is 44.2 Å². The molecule has 1 aliphatic carbocycles. The van der Waals surface area contributed by atoms with Gasteiger partial charge in [0.15, 0.2) is 17.6 Å². The Morgan fingerprint density at radius 1 is 1.26 bits per heavy atom. The third-order valence-electron chi connectivity index (χ3n) is 6.03. The lowest BCUT2D eigenvalue weighted by Crippen LogP contribution is -2.37. The first kappa shape index (κ1) is 27.6. The van der Waals surface area contributed by atoms with E-state index in [1.165, 1.54) is 24.1 Å². The highest BCUT2D eigenvalue weighted by atomic mass is 31.2. The highest BCUT2D eigenvalue weighted by Gasteiger charge is 2.48. The van der Waals surface area contributed by atoms with Crippen LogP contribution in [0.25, 0.3) is 11.2 Å². The summed E-state index contributed by atoms with van der Waals surface area (Å²) in [6, 6.07) is 6.10. The first-order valence-corrected chi connectivity index (χ1v) is 13.5. The Hall–Kier alpha value is -3.38. The van der Waals surface area contributed by atoms with E-state index >= 15 is 4.39 Å². The van der Waals surface area contributed by atoms with Crippen molar-refractivity contribution >= 4 is 30.7 Å². The first-order valence-electron chi connectivity index (χ1n) is 11.9. The number of aromatic nitrogens is 4. The van der Waals surface area contributed by atoms with E-state index in [-0.39, 0.29) is 28.3 Å². The number of nitrogens with one attached hydrogen (secondary N) is 1. The molecule has 38 heavy (non-hydrogen) atoms. The third-order valence-corrected chi connectivity index (χ3v) is 7.68. The number of alkyl halides is 1. The smallest absolute Gasteiger partial charge is 0.459 e. The summed E-state index contributed by atoms with van der Waals surface area (Å²) < 4.78 is 47.0. The standard InChI is InChI=1S/C24H30FN6O6P/c1-13(2)36-24(33)15(4)30-38(34,37-16-8-6-5-7-9-16)35-10-17-14(3)20(18(25)21(17)32)31-12-29-19-22(26)27-11-28-23(19)31/h5-9,11-13,15,17-18,20-21,32H,3,10H2,1-2,4H3,(H,30,34)(H2,26,27,28)/t15-,17-,18+,20+,21+,38+/m0/s1. The van der Waals surface area contributed by atoms with Gasteiger partial charge in [0.1, 0.15) is 23.6 Å². The Balaban J connectivity index is 1.55. The third kappa shape index (κ3) is 5.70. The number of aliphatic hydroxyl groups is 1. The number of aliphatic hydroxyl groups excluding tert-OH is 1. The van der Waals surface area contributed by atoms with Crippen molar-refractivity contribution in [3.63, 3.8) is 0 Å². The van der Waals surface area contributed by atoms with Gasteiger partial charge in [-0.1, -0.05) is 24.8 Å². The number of esters is 1. The van der Waals surface area contributed by atoms with Gasteiger partial charge in [0.2, 0.25) is 0 Å². The first-order chi connectivity index (χ1) is 18.0. The Morgan fingerprint density at radius 2 is 1.97 bits per heavy atom. The highest BCUT2D eigenvalue weighted by molar-refractivity contribution is 7.52. The predicted octanol–water partition coefficient (Wildman–Crippen LogP) is 2.97. The molecule has 4 N–H and O–H groups in total. The van der Waals surface area contributed by atoms with Crippen LogP contribution in [0.5, 0.6) is 5.75 Å². The number of carbonyl (C=O) groups excluding carboxylic acids is 1. The molecule has 0 spiro atoms. The molecule has 1 aliphatic rings. The summed E-state index contributed by atoms with van der Waals surface area (Å²) in [5.41, 5.74) is 6.67. The van der Waals surface area contributed by atoms with Crippen LogP contribution in [0, 0.1) is 5.92 Å². The average molecular weight is 549 g/mol. The van der Waals surface area contributed by atoms with Crippen LogP contribution in [0.15, 0.2) is 55.1 Å². The van der Waals surface area contributed by atoms with Gasteiger partial charge in [-0.3, -0.25) is 9.32 Å². The Kier molecular flexibility index (Phi) is 8.12. The molecule has 1 saturated carbocycles. The van der Waals surface area contributed by atoms with Gasteiger partial charge in [-0.2, -0.15) is 5.09 Å². The lowest BCUT2D eigenvalue weighted by Gasteiger charge is -2.25. The minimum absolute atomic E-state index is 0.128. The number of hydrogen-bond acceptors (Lipinski definition) is 10. The van der Waals surface area contributed by atoms with Gasteiger partial charge in [0, 0.05) is 5.92 Å². The van der Waals surface area contributed by atoms with Crippen molar-refractivity contribution in [1.82, 2.24) is 24.6 Å². The number of benzene rings is 1. The molecular weight excluding hydrogens is 518 g/mol. The monoisotopic (exact) mass is 548 g/mol. The molecule has 0 radical (unpaired) electrons. The minimum Gasteiger partial charge on any atom is -0.462 e. The number of nitrogens with zero attached hydrogens (tertiary/aromatic N) is 4. The molecule has 1 aromatic carbocycles. The maximum absolute atomic E-state index is 15.4. The normalized spacial score (nSPS) is 23.9. The van der Waals surface area contributed by atoms with Crippen molar-refractivity contribution < 1.29 is 32.6 Å². The molecule has 0 saturated heterocycles. The van der Waals surface area contributed by atoms with Crippen LogP contribution < -0.4 is 15.3 Å². The number of para-hydroxylation sites is 1. The van der Waals surface area contributed by atoms with Crippen molar-refractivity contribution in [2.24, 2.45) is 5.92 Å². The van der Waals surface area contributed by atoms with Gasteiger partial charge in [-0.25, -0.2) is 23.9 Å². The quantitative estimate of drug-likeness (QED) is 0.194. The number of hydrogen-bond donors (Lipinski definition) is 3. The number of halogens is 1. The van der Waals surface area contributed by atoms with Gasteiger partial charge < -0.3 is 24.7 Å². The Morgan fingerprint density at radius 3 is 2.66 bits per heavy atom. The van der Waals surface area contributed by atoms with E-state index in [0.717, 1.165) is 0 Å². The van der Waals surface area contributed by atoms with Gasteiger partial charge in [-0.15, -0.1) is 0 Å². The van der Waals surface area contributed by atoms with E-state index < -0.39 is 56.7 Å². The fraction of sp³-hybridized carbons (Fsp3) is 0.417. The minimum atomic E-state index is -4.23. The molecule has 204 valence electrons. The van der Waals surface area contributed by atoms with Crippen LogP contribution in [0.1, 0.15) is 26.8 Å². The topological polar surface area (TPSA) is 164 Å². The molecule has 6 atom stereocenters. The maximum Gasteiger partial charge on any atom is 0.459 e. The van der Waals surface area contributed by atoms with Gasteiger partial charge >= 0.3 is 13.7 Å². The van der Waals surface area contributed by atoms with Crippen LogP contribution in [0.3, 0.4) is 0 Å². The second-order valence-electron chi connectivity index (χ2n) is 9.18. The molecular formula is C24H30FN6O6P. The number of anilines is 1. The number of fused-ring (bicyclic) bond motifs is 1. The zero-order valence-corrected chi connectivity index (χ0v) is 22.0. The summed E-state index contributed by atoms with van der Waals surface area (Å²) in [5, 5.41) is 13.3. The van der Waals surface area contributed by atoms with Crippen molar-refractivity contribution in [3.8, 4) is 5.75 Å². The Bertz CT molecular complexity index is 1350. The number of imidazole rings is 1. The molecule has 12 nitrogen and oxygen atoms in total. The lowest BCUT2D eigenvalue weighted by atomic mass is 10.0. The second-order valence-corrected chi connectivity index (χ2v) is 10.9. The summed E-state index contributed by atoms with van der Waals surface area (Å²) >= 11 is 0. The number of nitrogen functional groups attached to an aromatic ring is 1. The Labute approximate surface area is 218 Å². The van der Waals surface area contributed by atoms with Gasteiger partial charge in [0.25, 0.3) is 0 Å². The average Bonchev–Trinajstić information content (AvgIpc) is 3.37. The zero-order chi connectivity index (χ0) is 27.6. The summed E-state index contributed by atoms with van der Waals surface area (Å²) in [6.45, 7) is 8.37. The van der Waals surface area contributed by atoms with E-state index in [9.17, 15) is 14.5 Å². The number of nitrogens with two attached hydrogens (primary N) is 1. The van der Waals surface area contributed by atoms with Crippen molar-refractivity contribution in [2.75, 3.05) is 12.3 Å². The highest BCUT2D eigenvalue weighted by Crippen LogP contribution is 2.49. The summed E-state index contributed by atoms with van der Waals surface area (Å²) in [5.74, 6) is -1.30. The fourth-order valence-corrected chi connectivity index (χ4v) is 5.69. The molecule has 0 aliphatic heterocycles. The molecule has 3 aromatic rings. The molecule has 2 heterocycles. The molecule has 0 amide bonds. The van der Waals surface area contributed by atoms with Crippen LogP contribution in [0.4, 0.5) is 10.2 Å². The summed E-state index contributed by atoms with van der Waals surface area (Å²) in [7, 11) is -4.23. The van der Waals surface area contributed by atoms with Crippen molar-refractivity contribution in [1.29, 1.82) is 0 Å². The van der Waals surface area contributed by atoms with E-state index in [0.29, 0.717) is 0 Å². The largest absolute Gasteiger partial charge is 0.462 e. The summed E-state index contributed by atoms with van der Waals surface area (Å²) in [6.07, 6.45) is -1.16. The summed E-state index contributed by atoms with van der Waals surface area (Å²) in [4.78, 5) is 24.5. The molecule has 4 rings (SSSR count). The fourth-order valence-electron chi connectivity index (χ4n) is 4.18. The van der Waals surface area contributed by atoms with Gasteiger partial charge in [0.05, 0.1) is 31.2 Å². The van der Waals surface area contributed by atoms with Gasteiger partial charge in [-0.05, 0) is 38.5 Å². The lowest BCUT2D eigenvalue weighted by molar-refractivity contribution is -0.149. The number of carbonyl (C=O) groups is 1. The van der Waals surface area contributed by atoms with E-state index in [4.69, 9.17) is 19.5 Å². The van der Waals surface area contributed by atoms with Crippen LogP contribution in [-0.4, -0.2) is 61.6 Å². The van der Waals surface area contributed by atoms with Crippen molar-refractivity contribution in [3.05, 3.63) is 55.1 Å². The van der Waals surface area contributed by atoms with Crippen LogP contribution in [0.2, 0.25) is 0 Å². The number of ether oxygens (including phenoxy) is 1. The second kappa shape index (κ2) is 11.2. The molecule has 1 fully saturated rings. The maximum atomic E-state index is 15.4. The van der Waals surface area contributed by atoms with Crippen molar-refractivity contribution in [2.45, 2.75) is 51.2 Å². The molecule has 0 unspecified atom stereocenters.